The third-order valence-electron chi connectivity index (χ3n) is 4.13. The third-order valence-corrected chi connectivity index (χ3v) is 4.13. The Kier molecular flexibility index (Phi) is 16.9. The van der Waals surface area contributed by atoms with Gasteiger partial charge in [0.25, 0.3) is 0 Å². The fraction of sp³-hybridized carbons (Fsp3) is 1.00. The summed E-state index contributed by atoms with van der Waals surface area (Å²) < 4.78 is 0. The van der Waals surface area contributed by atoms with Gasteiger partial charge in [0.05, 0.1) is 0 Å². The van der Waals surface area contributed by atoms with E-state index in [-0.39, 0.29) is 0 Å². The topological polar surface area (TPSA) is 15.3 Å². The van der Waals surface area contributed by atoms with Gasteiger partial charge >= 0.3 is 0 Å². The number of likely N-dealkylation sites (N-methyl/N-ethyl adjacent to an activating group) is 2. The van der Waals surface area contributed by atoms with Crippen LogP contribution in [-0.2, 0) is 0 Å². The second-order valence-corrected chi connectivity index (χ2v) is 5.97. The number of nitrogens with zero attached hydrogens (tertiary/aromatic N) is 1. The van der Waals surface area contributed by atoms with Gasteiger partial charge in [-0.05, 0) is 26.1 Å². The van der Waals surface area contributed by atoms with Gasteiger partial charge in [0.15, 0.2) is 0 Å². The summed E-state index contributed by atoms with van der Waals surface area (Å²) in [5, 5.41) is 3.41. The molecule has 0 aromatic rings. The van der Waals surface area contributed by atoms with Crippen LogP contribution in [0.15, 0.2) is 0 Å². The van der Waals surface area contributed by atoms with Gasteiger partial charge in [-0.2, -0.15) is 0 Å². The lowest BCUT2D eigenvalue weighted by atomic mass is 10.1. The van der Waals surface area contributed by atoms with Crippen LogP contribution in [0.2, 0.25) is 0 Å². The molecule has 0 fully saturated rings. The minimum Gasteiger partial charge on any atom is -0.316 e. The molecule has 0 bridgehead atoms. The Bertz CT molecular complexity index is 171. The van der Waals surface area contributed by atoms with E-state index in [9.17, 15) is 0 Å². The zero-order valence-electron chi connectivity index (χ0n) is 14.6. The molecule has 0 saturated carbocycles. The molecule has 1 N–H and O–H groups in total. The maximum atomic E-state index is 3.41. The highest BCUT2D eigenvalue weighted by Crippen LogP contribution is 2.10. The SMILES string of the molecule is CCCCCCCCCCCCN(CC)CCNCC. The van der Waals surface area contributed by atoms with Crippen LogP contribution in [0.25, 0.3) is 0 Å². The number of hydrogen-bond donors (Lipinski definition) is 1. The van der Waals surface area contributed by atoms with E-state index in [1.54, 1.807) is 0 Å². The van der Waals surface area contributed by atoms with Crippen LogP contribution in [0.3, 0.4) is 0 Å². The highest BCUT2D eigenvalue weighted by molar-refractivity contribution is 4.58. The molecule has 2 nitrogen and oxygen atoms in total. The van der Waals surface area contributed by atoms with Crippen LogP contribution < -0.4 is 5.32 Å². The molecule has 0 heterocycles. The van der Waals surface area contributed by atoms with Crippen molar-refractivity contribution >= 4 is 0 Å². The summed E-state index contributed by atoms with van der Waals surface area (Å²) in [5.74, 6) is 0. The summed E-state index contributed by atoms with van der Waals surface area (Å²) >= 11 is 0. The summed E-state index contributed by atoms with van der Waals surface area (Å²) in [4.78, 5) is 2.58. The molecular formula is C18H40N2. The standard InChI is InChI=1S/C18H40N2/c1-4-7-8-9-10-11-12-13-14-15-17-20(6-3)18-16-19-5-2/h19H,4-18H2,1-3H3. The van der Waals surface area contributed by atoms with E-state index < -0.39 is 0 Å². The van der Waals surface area contributed by atoms with E-state index in [4.69, 9.17) is 0 Å². The Hall–Kier alpha value is -0.0800. The molecule has 0 aliphatic heterocycles. The van der Waals surface area contributed by atoms with E-state index in [1.165, 1.54) is 83.8 Å². The van der Waals surface area contributed by atoms with Crippen molar-refractivity contribution in [1.82, 2.24) is 10.2 Å². The average molecular weight is 285 g/mol. The molecule has 0 atom stereocenters. The van der Waals surface area contributed by atoms with Crippen LogP contribution in [-0.4, -0.2) is 37.6 Å². The molecule has 0 aliphatic rings. The monoisotopic (exact) mass is 284 g/mol. The van der Waals surface area contributed by atoms with Gasteiger partial charge in [-0.25, -0.2) is 0 Å². The second-order valence-electron chi connectivity index (χ2n) is 5.97. The lowest BCUT2D eigenvalue weighted by molar-refractivity contribution is 0.280. The Balaban J connectivity index is 3.20. The first-order chi connectivity index (χ1) is 9.85. The largest absolute Gasteiger partial charge is 0.316 e. The maximum Gasteiger partial charge on any atom is 0.0107 e. The molecule has 2 heteroatoms. The smallest absolute Gasteiger partial charge is 0.0107 e. The van der Waals surface area contributed by atoms with Gasteiger partial charge in [-0.1, -0.05) is 78.6 Å². The van der Waals surface area contributed by atoms with Crippen molar-refractivity contribution in [1.29, 1.82) is 0 Å². The summed E-state index contributed by atoms with van der Waals surface area (Å²) in [6, 6.07) is 0. The highest BCUT2D eigenvalue weighted by Gasteiger charge is 2.01. The van der Waals surface area contributed by atoms with Crippen molar-refractivity contribution in [3.05, 3.63) is 0 Å². The Labute approximate surface area is 128 Å². The predicted molar refractivity (Wildman–Crippen MR) is 92.5 cm³/mol. The van der Waals surface area contributed by atoms with E-state index >= 15 is 0 Å². The lowest BCUT2D eigenvalue weighted by Crippen LogP contribution is -2.32. The quantitative estimate of drug-likeness (QED) is 0.408. The third kappa shape index (κ3) is 14.3. The zero-order chi connectivity index (χ0) is 14.9. The first kappa shape index (κ1) is 19.9. The Morgan fingerprint density at radius 1 is 0.650 bits per heavy atom. The van der Waals surface area contributed by atoms with Crippen LogP contribution in [0.4, 0.5) is 0 Å². The zero-order valence-corrected chi connectivity index (χ0v) is 14.6. The molecule has 122 valence electrons. The first-order valence-corrected chi connectivity index (χ1v) is 9.28. The number of unbranched alkanes of at least 4 members (excludes halogenated alkanes) is 9. The van der Waals surface area contributed by atoms with Crippen molar-refractivity contribution < 1.29 is 0 Å². The Morgan fingerprint density at radius 2 is 1.20 bits per heavy atom. The van der Waals surface area contributed by atoms with E-state index in [2.05, 4.69) is 31.0 Å². The van der Waals surface area contributed by atoms with Gasteiger partial charge < -0.3 is 10.2 Å². The minimum absolute atomic E-state index is 1.09. The van der Waals surface area contributed by atoms with Crippen molar-refractivity contribution in [2.24, 2.45) is 0 Å². The number of hydrogen-bond acceptors (Lipinski definition) is 2. The molecule has 0 aliphatic carbocycles. The first-order valence-electron chi connectivity index (χ1n) is 9.28. The van der Waals surface area contributed by atoms with E-state index in [0.717, 1.165) is 13.1 Å². The van der Waals surface area contributed by atoms with Gasteiger partial charge in [-0.15, -0.1) is 0 Å². The Morgan fingerprint density at radius 3 is 1.70 bits per heavy atom. The predicted octanol–water partition coefficient (Wildman–Crippen LogP) is 4.84. The van der Waals surface area contributed by atoms with Crippen molar-refractivity contribution in [2.45, 2.75) is 85.0 Å². The van der Waals surface area contributed by atoms with Crippen LogP contribution in [0, 0.1) is 0 Å². The maximum absolute atomic E-state index is 3.41. The minimum atomic E-state index is 1.09. The summed E-state index contributed by atoms with van der Waals surface area (Å²) in [5.41, 5.74) is 0. The van der Waals surface area contributed by atoms with Gasteiger partial charge in [0.1, 0.15) is 0 Å². The molecule has 0 radical (unpaired) electrons. The summed E-state index contributed by atoms with van der Waals surface area (Å²) in [6.07, 6.45) is 14.3. The summed E-state index contributed by atoms with van der Waals surface area (Å²) in [7, 11) is 0. The second kappa shape index (κ2) is 17.0. The molecule has 0 saturated heterocycles. The van der Waals surface area contributed by atoms with Crippen LogP contribution in [0.5, 0.6) is 0 Å². The number of nitrogens with one attached hydrogen (secondary N) is 1. The van der Waals surface area contributed by atoms with Crippen molar-refractivity contribution in [3.63, 3.8) is 0 Å². The lowest BCUT2D eigenvalue weighted by Gasteiger charge is -2.20. The van der Waals surface area contributed by atoms with E-state index in [1.807, 2.05) is 0 Å². The molecule has 0 unspecified atom stereocenters. The molecule has 0 rings (SSSR count). The van der Waals surface area contributed by atoms with Crippen molar-refractivity contribution in [3.8, 4) is 0 Å². The molecular weight excluding hydrogens is 244 g/mol. The van der Waals surface area contributed by atoms with Crippen LogP contribution in [0.1, 0.15) is 85.0 Å². The molecule has 0 aromatic heterocycles. The van der Waals surface area contributed by atoms with Crippen LogP contribution >= 0.6 is 0 Å². The fourth-order valence-corrected chi connectivity index (χ4v) is 2.66. The summed E-state index contributed by atoms with van der Waals surface area (Å²) in [6.45, 7) is 12.7. The fourth-order valence-electron chi connectivity index (χ4n) is 2.66. The van der Waals surface area contributed by atoms with Gasteiger partial charge in [0.2, 0.25) is 0 Å². The van der Waals surface area contributed by atoms with Crippen molar-refractivity contribution in [2.75, 3.05) is 32.7 Å². The van der Waals surface area contributed by atoms with E-state index in [0.29, 0.717) is 0 Å². The number of rotatable bonds is 16. The van der Waals surface area contributed by atoms with Gasteiger partial charge in [0, 0.05) is 13.1 Å². The molecule has 0 spiro atoms. The molecule has 20 heavy (non-hydrogen) atoms. The van der Waals surface area contributed by atoms with Gasteiger partial charge in [-0.3, -0.25) is 0 Å². The highest BCUT2D eigenvalue weighted by atomic mass is 15.1. The average Bonchev–Trinajstić information content (AvgIpc) is 2.47. The molecule has 0 aromatic carbocycles. The molecule has 0 amide bonds. The normalized spacial score (nSPS) is 11.4.